The predicted molar refractivity (Wildman–Crippen MR) is 117 cm³/mol. The summed E-state index contributed by atoms with van der Waals surface area (Å²) in [5.74, 6) is -0.934. The van der Waals surface area contributed by atoms with Gasteiger partial charge in [-0.3, -0.25) is 14.6 Å². The van der Waals surface area contributed by atoms with Crippen LogP contribution in [0.2, 0.25) is 0 Å². The first kappa shape index (κ1) is 26.0. The Balaban J connectivity index is 2.08. The highest BCUT2D eigenvalue weighted by molar-refractivity contribution is 9.10. The Bertz CT molecular complexity index is 1370. The zero-order chi connectivity index (χ0) is 25.9. The number of hydrogen-bond acceptors (Lipinski definition) is 7. The molecule has 13 heteroatoms. The summed E-state index contributed by atoms with van der Waals surface area (Å²) in [5.41, 5.74) is -1.61. The number of nitrogens with zero attached hydrogens (tertiary/aromatic N) is 4. The van der Waals surface area contributed by atoms with Gasteiger partial charge in [0.05, 0.1) is 24.6 Å². The lowest BCUT2D eigenvalue weighted by Crippen LogP contribution is -2.38. The van der Waals surface area contributed by atoms with Crippen LogP contribution < -0.4 is 19.8 Å². The van der Waals surface area contributed by atoms with Crippen molar-refractivity contribution in [3.8, 4) is 23.3 Å². The molecule has 9 nitrogen and oxygen atoms in total. The number of rotatable bonds is 7. The van der Waals surface area contributed by atoms with Gasteiger partial charge in [-0.25, -0.2) is 4.98 Å². The highest BCUT2D eigenvalue weighted by Gasteiger charge is 2.39. The number of hydrogen-bond donors (Lipinski definition) is 2. The lowest BCUT2D eigenvalue weighted by atomic mass is 10.1. The molecule has 0 amide bonds. The summed E-state index contributed by atoms with van der Waals surface area (Å²) in [6.07, 6.45) is -3.09. The molecule has 3 rings (SSSR count). The quantitative estimate of drug-likeness (QED) is 0.339. The van der Waals surface area contributed by atoms with Crippen LogP contribution in [0.15, 0.2) is 40.0 Å². The molecule has 0 radical (unpaired) electrons. The zero-order valence-corrected chi connectivity index (χ0v) is 20.0. The summed E-state index contributed by atoms with van der Waals surface area (Å²) in [6.45, 7) is 2.53. The highest BCUT2D eigenvalue weighted by Crippen LogP contribution is 2.36. The molecule has 2 N–H and O–H groups in total. The van der Waals surface area contributed by atoms with E-state index in [4.69, 9.17) is 14.6 Å². The van der Waals surface area contributed by atoms with Crippen molar-refractivity contribution in [1.29, 1.82) is 5.26 Å². The zero-order valence-electron chi connectivity index (χ0n) is 18.4. The number of aliphatic hydroxyl groups is 1. The summed E-state index contributed by atoms with van der Waals surface area (Å²) in [4.78, 5) is 16.5. The SMILES string of the molecule is Cc1cc(Cn2cnc(C(F)(F)F)c(Oc3cc(Br)cc(C#N)c3C)c2=O)[n+](O)cc1OCCO. The van der Waals surface area contributed by atoms with Crippen molar-refractivity contribution in [2.75, 3.05) is 13.2 Å². The van der Waals surface area contributed by atoms with E-state index >= 15 is 0 Å². The van der Waals surface area contributed by atoms with Crippen LogP contribution in [0.25, 0.3) is 0 Å². The first-order valence-electron chi connectivity index (χ1n) is 9.99. The van der Waals surface area contributed by atoms with E-state index in [1.807, 2.05) is 6.07 Å². The van der Waals surface area contributed by atoms with Crippen molar-refractivity contribution >= 4 is 15.9 Å². The second-order valence-corrected chi connectivity index (χ2v) is 8.29. The summed E-state index contributed by atoms with van der Waals surface area (Å²) in [7, 11) is 0. The van der Waals surface area contributed by atoms with Crippen molar-refractivity contribution in [2.24, 2.45) is 0 Å². The van der Waals surface area contributed by atoms with E-state index in [1.165, 1.54) is 31.3 Å². The topological polar surface area (TPSA) is 121 Å². The molecule has 2 aromatic heterocycles. The molecule has 0 aliphatic rings. The molecule has 0 bridgehead atoms. The molecule has 0 fully saturated rings. The predicted octanol–water partition coefficient (Wildman–Crippen LogP) is 3.25. The molecule has 0 atom stereocenters. The van der Waals surface area contributed by atoms with Crippen LogP contribution in [-0.4, -0.2) is 33.1 Å². The number of ether oxygens (including phenoxy) is 2. The average molecular weight is 556 g/mol. The van der Waals surface area contributed by atoms with Gasteiger partial charge in [0.25, 0.3) is 17.5 Å². The smallest absolute Gasteiger partial charge is 0.437 e. The average Bonchev–Trinajstić information content (AvgIpc) is 2.78. The number of aromatic nitrogens is 3. The monoisotopic (exact) mass is 555 g/mol. The number of halogens is 4. The number of nitriles is 1. The van der Waals surface area contributed by atoms with E-state index in [-0.39, 0.29) is 48.1 Å². The lowest BCUT2D eigenvalue weighted by Gasteiger charge is -2.16. The van der Waals surface area contributed by atoms with Gasteiger partial charge in [-0.2, -0.15) is 18.4 Å². The Morgan fingerprint density at radius 3 is 2.60 bits per heavy atom. The fraction of sp³-hybridized carbons (Fsp3) is 0.273. The van der Waals surface area contributed by atoms with Gasteiger partial charge in [0.2, 0.25) is 5.75 Å². The third kappa shape index (κ3) is 5.72. The number of benzene rings is 1. The minimum atomic E-state index is -5.00. The maximum atomic E-state index is 13.7. The van der Waals surface area contributed by atoms with Gasteiger partial charge in [-0.1, -0.05) is 15.9 Å². The van der Waals surface area contributed by atoms with E-state index in [1.54, 1.807) is 6.92 Å². The van der Waals surface area contributed by atoms with E-state index in [0.717, 1.165) is 4.57 Å². The Morgan fingerprint density at radius 1 is 1.26 bits per heavy atom. The van der Waals surface area contributed by atoms with Crippen molar-refractivity contribution in [3.63, 3.8) is 0 Å². The fourth-order valence-electron chi connectivity index (χ4n) is 3.15. The maximum absolute atomic E-state index is 13.7. The Labute approximate surface area is 205 Å². The van der Waals surface area contributed by atoms with Crippen LogP contribution in [0.1, 0.15) is 28.1 Å². The van der Waals surface area contributed by atoms with Gasteiger partial charge < -0.3 is 14.6 Å². The Morgan fingerprint density at radius 2 is 1.97 bits per heavy atom. The molecule has 0 unspecified atom stereocenters. The Kier molecular flexibility index (Phi) is 7.67. The summed E-state index contributed by atoms with van der Waals surface area (Å²) in [5, 5.41) is 28.4. The summed E-state index contributed by atoms with van der Waals surface area (Å²) < 4.78 is 53.5. The first-order chi connectivity index (χ1) is 16.5. The molecular weight excluding hydrogens is 537 g/mol. The van der Waals surface area contributed by atoms with E-state index in [9.17, 15) is 28.4 Å². The summed E-state index contributed by atoms with van der Waals surface area (Å²) >= 11 is 3.17. The van der Waals surface area contributed by atoms with E-state index in [2.05, 4.69) is 20.9 Å². The maximum Gasteiger partial charge on any atom is 0.437 e. The van der Waals surface area contributed by atoms with Gasteiger partial charge in [-0.05, 0) is 26.0 Å². The number of pyridine rings is 1. The molecular formula is C22H19BrF3N4O5+. The van der Waals surface area contributed by atoms with Gasteiger partial charge in [0.1, 0.15) is 18.9 Å². The Hall–Kier alpha value is -3.63. The van der Waals surface area contributed by atoms with Gasteiger partial charge in [0.15, 0.2) is 11.4 Å². The molecule has 2 heterocycles. The standard InChI is InChI=1S/C22H19BrF3N4O5/c1-12-5-16(30(33)10-18(12)34-4-3-31)9-29-11-28-20(22(24,25)26)19(21(29)32)35-17-7-15(23)6-14(8-27)13(17)2/h5-7,10-11,31,33H,3-4,9H2,1-2H3/q+1. The van der Waals surface area contributed by atoms with Crippen molar-refractivity contribution in [3.05, 3.63) is 73.6 Å². The van der Waals surface area contributed by atoms with Crippen LogP contribution in [-0.2, 0) is 12.7 Å². The van der Waals surface area contributed by atoms with Gasteiger partial charge >= 0.3 is 6.18 Å². The normalized spacial score (nSPS) is 11.3. The van der Waals surface area contributed by atoms with Gasteiger partial charge in [-0.15, -0.1) is 0 Å². The number of aliphatic hydroxyl groups excluding tert-OH is 1. The second-order valence-electron chi connectivity index (χ2n) is 7.37. The molecule has 0 spiro atoms. The van der Waals surface area contributed by atoms with Crippen molar-refractivity contribution in [2.45, 2.75) is 26.6 Å². The first-order valence-corrected chi connectivity index (χ1v) is 10.8. The lowest BCUT2D eigenvalue weighted by molar-refractivity contribution is -0.909. The molecule has 3 aromatic rings. The second kappa shape index (κ2) is 10.3. The van der Waals surface area contributed by atoms with Crippen LogP contribution in [0.5, 0.6) is 17.2 Å². The molecule has 0 saturated carbocycles. The molecule has 35 heavy (non-hydrogen) atoms. The molecule has 0 aliphatic carbocycles. The highest BCUT2D eigenvalue weighted by atomic mass is 79.9. The molecule has 1 aromatic carbocycles. The van der Waals surface area contributed by atoms with E-state index in [0.29, 0.717) is 21.1 Å². The van der Waals surface area contributed by atoms with Crippen LogP contribution in [0.3, 0.4) is 0 Å². The van der Waals surface area contributed by atoms with Gasteiger partial charge in [0, 0.05) is 26.4 Å². The fourth-order valence-corrected chi connectivity index (χ4v) is 3.58. The van der Waals surface area contributed by atoms with Crippen molar-refractivity contribution < 1.29 is 37.7 Å². The van der Waals surface area contributed by atoms with Crippen LogP contribution in [0, 0.1) is 25.2 Å². The minimum Gasteiger partial charge on any atom is -0.485 e. The molecule has 184 valence electrons. The third-order valence-corrected chi connectivity index (χ3v) is 5.37. The van der Waals surface area contributed by atoms with Crippen LogP contribution >= 0.6 is 15.9 Å². The summed E-state index contributed by atoms with van der Waals surface area (Å²) in [6, 6.07) is 6.18. The third-order valence-electron chi connectivity index (χ3n) is 4.91. The largest absolute Gasteiger partial charge is 0.485 e. The van der Waals surface area contributed by atoms with E-state index < -0.39 is 23.2 Å². The number of aryl methyl sites for hydroxylation is 1. The molecule has 0 saturated heterocycles. The van der Waals surface area contributed by atoms with Crippen molar-refractivity contribution in [1.82, 2.24) is 9.55 Å². The minimum absolute atomic E-state index is 0.00823. The molecule has 0 aliphatic heterocycles. The number of alkyl halides is 3. The van der Waals surface area contributed by atoms with Crippen LogP contribution in [0.4, 0.5) is 13.2 Å².